The lowest BCUT2D eigenvalue weighted by molar-refractivity contribution is 0.0520. The van der Waals surface area contributed by atoms with Crippen molar-refractivity contribution >= 4 is 29.2 Å². The molecular weight excluding hydrogens is 502 g/mol. The van der Waals surface area contributed by atoms with Crippen molar-refractivity contribution in [1.82, 2.24) is 20.3 Å². The first-order valence-electron chi connectivity index (χ1n) is 12.6. The van der Waals surface area contributed by atoms with Crippen molar-refractivity contribution in [2.45, 2.75) is 26.4 Å². The van der Waals surface area contributed by atoms with Crippen molar-refractivity contribution in [3.8, 4) is 17.0 Å². The van der Waals surface area contributed by atoms with Crippen LogP contribution in [0.3, 0.4) is 0 Å². The molecular formula is C27H33N7O5. The molecule has 1 fully saturated rings. The highest BCUT2D eigenvalue weighted by Crippen LogP contribution is 2.27. The van der Waals surface area contributed by atoms with Gasteiger partial charge in [0.2, 0.25) is 0 Å². The van der Waals surface area contributed by atoms with Crippen LogP contribution in [0.15, 0.2) is 48.9 Å². The normalized spacial score (nSPS) is 13.5. The number of ether oxygens (including phenoxy) is 3. The Labute approximate surface area is 226 Å². The maximum absolute atomic E-state index is 13.2. The van der Waals surface area contributed by atoms with Gasteiger partial charge in [0.15, 0.2) is 11.5 Å². The number of benzene rings is 1. The van der Waals surface area contributed by atoms with Gasteiger partial charge >= 0.3 is 6.09 Å². The number of nitrogens with zero attached hydrogens (tertiary/aromatic N) is 4. The molecule has 39 heavy (non-hydrogen) atoms. The van der Waals surface area contributed by atoms with Crippen LogP contribution in [0.5, 0.6) is 5.75 Å². The molecule has 12 nitrogen and oxygen atoms in total. The summed E-state index contributed by atoms with van der Waals surface area (Å²) in [6.45, 7) is 8.53. The van der Waals surface area contributed by atoms with Crippen LogP contribution in [-0.4, -0.2) is 72.0 Å². The summed E-state index contributed by atoms with van der Waals surface area (Å²) in [6, 6.07) is 9.03. The molecule has 1 aliphatic heterocycles. The largest absolute Gasteiger partial charge is 0.492 e. The summed E-state index contributed by atoms with van der Waals surface area (Å²) in [7, 11) is 0. The van der Waals surface area contributed by atoms with Crippen LogP contribution in [0.25, 0.3) is 11.3 Å². The van der Waals surface area contributed by atoms with E-state index in [9.17, 15) is 9.59 Å². The maximum atomic E-state index is 13.2. The van der Waals surface area contributed by atoms with Crippen LogP contribution < -0.4 is 26.0 Å². The van der Waals surface area contributed by atoms with E-state index in [2.05, 4.69) is 30.5 Å². The number of nitrogens with one attached hydrogen (secondary N) is 2. The number of pyridine rings is 1. The highest BCUT2D eigenvalue weighted by atomic mass is 16.6. The van der Waals surface area contributed by atoms with Crippen LogP contribution in [-0.2, 0) is 9.47 Å². The number of carbonyl (C=O) groups is 2. The van der Waals surface area contributed by atoms with Crippen molar-refractivity contribution in [2.75, 3.05) is 55.4 Å². The average Bonchev–Trinajstić information content (AvgIpc) is 2.91. The van der Waals surface area contributed by atoms with Gasteiger partial charge < -0.3 is 35.5 Å². The number of anilines is 3. The predicted molar refractivity (Wildman–Crippen MR) is 147 cm³/mol. The van der Waals surface area contributed by atoms with Gasteiger partial charge in [-0.15, -0.1) is 0 Å². The lowest BCUT2D eigenvalue weighted by Crippen LogP contribution is -2.36. The summed E-state index contributed by atoms with van der Waals surface area (Å²) in [5.41, 5.74) is 7.98. The van der Waals surface area contributed by atoms with Gasteiger partial charge in [0.25, 0.3) is 5.91 Å². The van der Waals surface area contributed by atoms with Crippen molar-refractivity contribution in [3.05, 3.63) is 54.6 Å². The number of amides is 2. The van der Waals surface area contributed by atoms with Crippen LogP contribution in [0.1, 0.15) is 31.3 Å². The first-order valence-corrected chi connectivity index (χ1v) is 12.6. The second kappa shape index (κ2) is 12.4. The van der Waals surface area contributed by atoms with E-state index in [-0.39, 0.29) is 24.7 Å². The molecule has 0 saturated carbocycles. The van der Waals surface area contributed by atoms with Crippen molar-refractivity contribution in [1.29, 1.82) is 0 Å². The molecule has 4 rings (SSSR count). The molecule has 1 aromatic carbocycles. The fourth-order valence-electron chi connectivity index (χ4n) is 3.83. The van der Waals surface area contributed by atoms with Crippen LogP contribution >= 0.6 is 0 Å². The Bertz CT molecular complexity index is 1310. The van der Waals surface area contributed by atoms with Gasteiger partial charge in [0.05, 0.1) is 49.2 Å². The summed E-state index contributed by atoms with van der Waals surface area (Å²) < 4.78 is 16.4. The summed E-state index contributed by atoms with van der Waals surface area (Å²) >= 11 is 0. The van der Waals surface area contributed by atoms with E-state index in [1.165, 1.54) is 6.20 Å². The number of nitrogens with two attached hydrogens (primary N) is 1. The number of alkyl carbamates (subject to hydrolysis) is 1. The quantitative estimate of drug-likeness (QED) is 0.367. The zero-order valence-electron chi connectivity index (χ0n) is 22.3. The van der Waals surface area contributed by atoms with E-state index in [0.29, 0.717) is 49.0 Å². The molecule has 0 radical (unpaired) electrons. The average molecular weight is 536 g/mol. The Hall–Kier alpha value is -4.45. The summed E-state index contributed by atoms with van der Waals surface area (Å²) in [6.07, 6.45) is 4.26. The zero-order valence-corrected chi connectivity index (χ0v) is 22.3. The van der Waals surface area contributed by atoms with Crippen LogP contribution in [0.4, 0.5) is 22.0 Å². The smallest absolute Gasteiger partial charge is 0.407 e. The third-order valence-corrected chi connectivity index (χ3v) is 5.58. The topological polar surface area (TPSA) is 154 Å². The number of hydrogen-bond acceptors (Lipinski definition) is 10. The zero-order chi connectivity index (χ0) is 27.8. The number of nitrogen functional groups attached to an aromatic ring is 1. The predicted octanol–water partition coefficient (Wildman–Crippen LogP) is 3.11. The highest BCUT2D eigenvalue weighted by Gasteiger charge is 2.20. The van der Waals surface area contributed by atoms with Gasteiger partial charge in [-0.25, -0.2) is 14.8 Å². The van der Waals surface area contributed by atoms with Gasteiger partial charge in [-0.2, -0.15) is 0 Å². The minimum absolute atomic E-state index is 0.00263. The minimum Gasteiger partial charge on any atom is -0.492 e. The number of aromatic nitrogens is 3. The molecule has 1 aliphatic rings. The lowest BCUT2D eigenvalue weighted by atomic mass is 10.1. The van der Waals surface area contributed by atoms with E-state index >= 15 is 0 Å². The second-order valence-electron chi connectivity index (χ2n) is 9.74. The van der Waals surface area contributed by atoms with E-state index in [0.717, 1.165) is 5.69 Å². The maximum Gasteiger partial charge on any atom is 0.407 e. The van der Waals surface area contributed by atoms with Crippen molar-refractivity contribution in [3.63, 3.8) is 0 Å². The first-order chi connectivity index (χ1) is 18.7. The van der Waals surface area contributed by atoms with E-state index < -0.39 is 17.6 Å². The number of carbonyl (C=O) groups excluding carboxylic acids is 2. The van der Waals surface area contributed by atoms with Crippen molar-refractivity contribution < 1.29 is 23.8 Å². The minimum atomic E-state index is -0.571. The number of rotatable bonds is 8. The number of morpholine rings is 1. The molecule has 0 bridgehead atoms. The Morgan fingerprint density at radius 2 is 1.95 bits per heavy atom. The Balaban J connectivity index is 1.43. The lowest BCUT2D eigenvalue weighted by Gasteiger charge is -2.30. The Kier molecular flexibility index (Phi) is 8.77. The molecule has 4 N–H and O–H groups in total. The molecule has 3 aromatic rings. The van der Waals surface area contributed by atoms with Gasteiger partial charge in [-0.05, 0) is 39.0 Å². The molecule has 206 valence electrons. The van der Waals surface area contributed by atoms with E-state index in [4.69, 9.17) is 19.9 Å². The van der Waals surface area contributed by atoms with Gasteiger partial charge in [0, 0.05) is 24.8 Å². The van der Waals surface area contributed by atoms with Crippen LogP contribution in [0, 0.1) is 0 Å². The molecule has 0 atom stereocenters. The Morgan fingerprint density at radius 1 is 1.15 bits per heavy atom. The van der Waals surface area contributed by atoms with E-state index in [1.807, 2.05) is 12.1 Å². The van der Waals surface area contributed by atoms with Gasteiger partial charge in [-0.1, -0.05) is 12.1 Å². The molecule has 1 saturated heterocycles. The molecule has 0 spiro atoms. The monoisotopic (exact) mass is 535 g/mol. The second-order valence-corrected chi connectivity index (χ2v) is 9.74. The molecule has 2 amide bonds. The van der Waals surface area contributed by atoms with E-state index in [1.54, 1.807) is 51.4 Å². The van der Waals surface area contributed by atoms with Gasteiger partial charge in [-0.3, -0.25) is 9.78 Å². The van der Waals surface area contributed by atoms with Gasteiger partial charge in [0.1, 0.15) is 18.0 Å². The molecule has 12 heteroatoms. The summed E-state index contributed by atoms with van der Waals surface area (Å²) in [5, 5.41) is 5.52. The first kappa shape index (κ1) is 27.6. The number of hydrogen-bond donors (Lipinski definition) is 3. The third-order valence-electron chi connectivity index (χ3n) is 5.58. The Morgan fingerprint density at radius 3 is 2.72 bits per heavy atom. The summed E-state index contributed by atoms with van der Waals surface area (Å²) in [5.74, 6) is 0.0762. The molecule has 2 aromatic heterocycles. The third kappa shape index (κ3) is 7.77. The van der Waals surface area contributed by atoms with Crippen molar-refractivity contribution in [2.24, 2.45) is 0 Å². The SMILES string of the molecule is CC(C)(C)OC(=O)NCCOc1cccc(-c2cnc(N)c(C(=O)Nc3cnccc3N3CCOCC3)n2)c1. The fraction of sp³-hybridized carbons (Fsp3) is 0.370. The standard InChI is InChI=1S/C27H33N7O5/c1-27(2,3)39-26(36)30-9-12-38-19-6-4-5-18(15-19)20-17-31-24(28)23(32-20)25(35)33-21-16-29-8-7-22(21)34-10-13-37-14-11-34/h4-8,15-17H,9-14H2,1-3H3,(H2,28,31)(H,30,36)(H,33,35). The fourth-order valence-corrected chi connectivity index (χ4v) is 3.83. The highest BCUT2D eigenvalue weighted by molar-refractivity contribution is 6.07. The molecule has 0 unspecified atom stereocenters. The molecule has 3 heterocycles. The molecule has 0 aliphatic carbocycles. The summed E-state index contributed by atoms with van der Waals surface area (Å²) in [4.78, 5) is 40.0. The van der Waals surface area contributed by atoms with Crippen LogP contribution in [0.2, 0.25) is 0 Å².